The number of carbonyl (C=O) groups is 3. The van der Waals surface area contributed by atoms with Gasteiger partial charge in [0, 0.05) is 35.7 Å². The van der Waals surface area contributed by atoms with Gasteiger partial charge in [0.15, 0.2) is 6.10 Å². The minimum Gasteiger partial charge on any atom is -0.508 e. The molecule has 1 heterocycles. The quantitative estimate of drug-likeness (QED) is 0.316. The third kappa shape index (κ3) is 7.04. The van der Waals surface area contributed by atoms with Crippen LogP contribution in [0.15, 0.2) is 66.7 Å². The third-order valence-electron chi connectivity index (χ3n) is 7.10. The number of carbonyl (C=O) groups excluding carboxylic acids is 3. The summed E-state index contributed by atoms with van der Waals surface area (Å²) in [5.41, 5.74) is 1.13. The highest BCUT2D eigenvalue weighted by Gasteiger charge is 2.43. The predicted octanol–water partition coefficient (Wildman–Crippen LogP) is 2.94. The van der Waals surface area contributed by atoms with Crippen molar-refractivity contribution in [2.24, 2.45) is 0 Å². The molecule has 3 aromatic carbocycles. The van der Waals surface area contributed by atoms with Crippen LogP contribution in [0.5, 0.6) is 5.75 Å². The minimum absolute atomic E-state index is 0.000311. The fourth-order valence-corrected chi connectivity index (χ4v) is 4.81. The number of amides is 3. The Morgan fingerprint density at radius 2 is 1.78 bits per heavy atom. The van der Waals surface area contributed by atoms with E-state index in [2.05, 4.69) is 10.6 Å². The molecule has 1 fully saturated rings. The van der Waals surface area contributed by atoms with E-state index >= 15 is 0 Å². The van der Waals surface area contributed by atoms with Crippen LogP contribution in [-0.2, 0) is 22.6 Å². The third-order valence-corrected chi connectivity index (χ3v) is 7.10. The molecule has 3 amide bonds. The first-order chi connectivity index (χ1) is 19.5. The van der Waals surface area contributed by atoms with Crippen LogP contribution in [0.4, 0.5) is 13.2 Å². The molecular weight excluding hydrogens is 539 g/mol. The van der Waals surface area contributed by atoms with Gasteiger partial charge in [-0.3, -0.25) is 14.4 Å². The second-order valence-corrected chi connectivity index (χ2v) is 9.96. The first-order valence-electron chi connectivity index (χ1n) is 13.0. The maximum Gasteiger partial charge on any atom is 0.254 e. The molecule has 0 aromatic heterocycles. The molecule has 8 nitrogen and oxygen atoms in total. The van der Waals surface area contributed by atoms with Crippen LogP contribution >= 0.6 is 0 Å². The highest BCUT2D eigenvalue weighted by molar-refractivity contribution is 5.97. The smallest absolute Gasteiger partial charge is 0.254 e. The van der Waals surface area contributed by atoms with Gasteiger partial charge >= 0.3 is 0 Å². The topological polar surface area (TPSA) is 119 Å². The number of hydrogen-bond acceptors (Lipinski definition) is 5. The van der Waals surface area contributed by atoms with Crippen molar-refractivity contribution in [1.29, 1.82) is 0 Å². The summed E-state index contributed by atoms with van der Waals surface area (Å²) in [5.74, 6) is -4.14. The van der Waals surface area contributed by atoms with Crippen molar-refractivity contribution in [3.05, 3.63) is 101 Å². The monoisotopic (exact) mass is 569 g/mol. The first-order valence-corrected chi connectivity index (χ1v) is 13.0. The molecular formula is C30H30F3N3O5. The van der Waals surface area contributed by atoms with E-state index < -0.39 is 60.3 Å². The Morgan fingerprint density at radius 3 is 2.49 bits per heavy atom. The van der Waals surface area contributed by atoms with E-state index in [1.165, 1.54) is 18.2 Å². The van der Waals surface area contributed by atoms with E-state index in [0.717, 1.165) is 17.0 Å². The van der Waals surface area contributed by atoms with E-state index in [4.69, 9.17) is 0 Å². The Kier molecular flexibility index (Phi) is 9.28. The standard InChI is InChI=1S/C30H30F3N3O5/c1-17-22(8-5-9-26(17)37)28(39)35-24(12-18-6-3-2-4-7-18)27(38)30(41)36-16-21(32)14-25(36)29(40)34-15-19-10-11-20(31)13-23(19)33/h2-11,13,21,24-25,27,37-38H,12,14-16H2,1H3,(H,34,40)(H,35,39). The molecule has 4 unspecified atom stereocenters. The zero-order valence-electron chi connectivity index (χ0n) is 22.2. The number of halogens is 3. The number of aromatic hydroxyl groups is 1. The molecule has 0 saturated carbocycles. The lowest BCUT2D eigenvalue weighted by Gasteiger charge is -2.30. The predicted molar refractivity (Wildman–Crippen MR) is 143 cm³/mol. The van der Waals surface area contributed by atoms with Gasteiger partial charge in [-0.25, -0.2) is 13.2 Å². The molecule has 41 heavy (non-hydrogen) atoms. The normalized spacial score (nSPS) is 18.0. The summed E-state index contributed by atoms with van der Waals surface area (Å²) in [7, 11) is 0. The second-order valence-electron chi connectivity index (χ2n) is 9.96. The van der Waals surface area contributed by atoms with Crippen LogP contribution in [0, 0.1) is 18.6 Å². The van der Waals surface area contributed by atoms with E-state index in [1.54, 1.807) is 37.3 Å². The van der Waals surface area contributed by atoms with E-state index in [-0.39, 0.29) is 36.3 Å². The number of nitrogens with zero attached hydrogens (tertiary/aromatic N) is 1. The van der Waals surface area contributed by atoms with Crippen molar-refractivity contribution in [3.63, 3.8) is 0 Å². The average Bonchev–Trinajstić information content (AvgIpc) is 3.35. The number of phenols is 1. The van der Waals surface area contributed by atoms with Crippen molar-refractivity contribution in [1.82, 2.24) is 15.5 Å². The number of alkyl halides is 1. The average molecular weight is 570 g/mol. The first kappa shape index (κ1) is 29.6. The zero-order chi connectivity index (χ0) is 29.7. The Hall–Kier alpha value is -4.38. The van der Waals surface area contributed by atoms with Crippen LogP contribution in [0.3, 0.4) is 0 Å². The molecule has 0 radical (unpaired) electrons. The summed E-state index contributed by atoms with van der Waals surface area (Å²) in [4.78, 5) is 40.4. The number of rotatable bonds is 9. The van der Waals surface area contributed by atoms with Crippen molar-refractivity contribution in [2.45, 2.75) is 50.7 Å². The molecule has 216 valence electrons. The van der Waals surface area contributed by atoms with Crippen molar-refractivity contribution >= 4 is 17.7 Å². The maximum absolute atomic E-state index is 14.5. The van der Waals surface area contributed by atoms with Crippen LogP contribution in [0.25, 0.3) is 0 Å². The molecule has 3 aromatic rings. The number of nitrogens with one attached hydrogen (secondary N) is 2. The van der Waals surface area contributed by atoms with Crippen LogP contribution in [0.1, 0.15) is 33.5 Å². The Balaban J connectivity index is 1.52. The van der Waals surface area contributed by atoms with E-state index in [9.17, 15) is 37.8 Å². The lowest BCUT2D eigenvalue weighted by atomic mass is 9.98. The van der Waals surface area contributed by atoms with Crippen molar-refractivity contribution in [2.75, 3.05) is 6.54 Å². The summed E-state index contributed by atoms with van der Waals surface area (Å²) < 4.78 is 41.7. The van der Waals surface area contributed by atoms with Gasteiger partial charge < -0.3 is 25.7 Å². The molecule has 0 bridgehead atoms. The Labute approximate surface area is 234 Å². The van der Waals surface area contributed by atoms with Gasteiger partial charge in [-0.2, -0.15) is 0 Å². The molecule has 4 rings (SSSR count). The number of benzene rings is 3. The molecule has 11 heteroatoms. The number of phenolic OH excluding ortho intramolecular Hbond substituents is 1. The summed E-state index contributed by atoms with van der Waals surface area (Å²) in [6, 6.07) is 13.5. The molecule has 1 aliphatic heterocycles. The number of hydrogen-bond donors (Lipinski definition) is 4. The number of aliphatic hydroxyl groups is 1. The van der Waals surface area contributed by atoms with E-state index in [0.29, 0.717) is 17.2 Å². The van der Waals surface area contributed by atoms with Gasteiger partial charge in [-0.15, -0.1) is 0 Å². The van der Waals surface area contributed by atoms with Gasteiger partial charge in [0.2, 0.25) is 5.91 Å². The fourth-order valence-electron chi connectivity index (χ4n) is 4.81. The van der Waals surface area contributed by atoms with Gasteiger partial charge in [-0.1, -0.05) is 42.5 Å². The largest absolute Gasteiger partial charge is 0.508 e. The van der Waals surface area contributed by atoms with Crippen LogP contribution < -0.4 is 10.6 Å². The summed E-state index contributed by atoms with van der Waals surface area (Å²) in [6.07, 6.45) is -3.72. The molecule has 1 saturated heterocycles. The summed E-state index contributed by atoms with van der Waals surface area (Å²) >= 11 is 0. The lowest BCUT2D eigenvalue weighted by molar-refractivity contribution is -0.146. The molecule has 0 aliphatic carbocycles. The van der Waals surface area contributed by atoms with Gasteiger partial charge in [0.25, 0.3) is 11.8 Å². The van der Waals surface area contributed by atoms with E-state index in [1.807, 2.05) is 0 Å². The lowest BCUT2D eigenvalue weighted by Crippen LogP contribution is -2.55. The van der Waals surface area contributed by atoms with Crippen molar-refractivity contribution < 1.29 is 37.8 Å². The number of aliphatic hydroxyl groups excluding tert-OH is 1. The van der Waals surface area contributed by atoms with Crippen LogP contribution in [-0.4, -0.2) is 63.7 Å². The highest BCUT2D eigenvalue weighted by atomic mass is 19.1. The van der Waals surface area contributed by atoms with Gasteiger partial charge in [0.05, 0.1) is 12.6 Å². The van der Waals surface area contributed by atoms with Crippen LogP contribution in [0.2, 0.25) is 0 Å². The SMILES string of the molecule is Cc1c(O)cccc1C(=O)NC(Cc1ccccc1)C(O)C(=O)N1CC(F)CC1C(=O)NCc1ccc(F)cc1F. The maximum atomic E-state index is 14.5. The summed E-state index contributed by atoms with van der Waals surface area (Å²) in [5, 5.41) is 26.3. The molecule has 1 aliphatic rings. The summed E-state index contributed by atoms with van der Waals surface area (Å²) in [6.45, 7) is 0.764. The fraction of sp³-hybridized carbons (Fsp3) is 0.300. The van der Waals surface area contributed by atoms with Crippen molar-refractivity contribution in [3.8, 4) is 5.75 Å². The second kappa shape index (κ2) is 12.9. The molecule has 0 spiro atoms. The zero-order valence-corrected chi connectivity index (χ0v) is 22.2. The Bertz CT molecular complexity index is 1420. The molecule has 4 N–H and O–H groups in total. The highest BCUT2D eigenvalue weighted by Crippen LogP contribution is 2.24. The Morgan fingerprint density at radius 1 is 1.05 bits per heavy atom. The minimum atomic E-state index is -1.85. The van der Waals surface area contributed by atoms with Gasteiger partial charge in [0.1, 0.15) is 29.6 Å². The molecule has 4 atom stereocenters. The number of likely N-dealkylation sites (tertiary alicyclic amines) is 1. The van der Waals surface area contributed by atoms with Gasteiger partial charge in [-0.05, 0) is 37.1 Å².